The summed E-state index contributed by atoms with van der Waals surface area (Å²) in [6.45, 7) is 1.01. The predicted molar refractivity (Wildman–Crippen MR) is 33.6 cm³/mol. The van der Waals surface area contributed by atoms with E-state index in [4.69, 9.17) is 4.74 Å². The van der Waals surface area contributed by atoms with Crippen LogP contribution in [0.3, 0.4) is 0 Å². The quantitative estimate of drug-likeness (QED) is 0.452. The van der Waals surface area contributed by atoms with Crippen molar-refractivity contribution in [2.24, 2.45) is 0 Å². The Kier molecular flexibility index (Phi) is 0.931. The number of ether oxygens (including phenoxy) is 1. The van der Waals surface area contributed by atoms with Crippen molar-refractivity contribution in [1.29, 1.82) is 0 Å². The Morgan fingerprint density at radius 2 is 2.67 bits per heavy atom. The van der Waals surface area contributed by atoms with Gasteiger partial charge in [-0.2, -0.15) is 0 Å². The zero-order valence-corrected chi connectivity index (χ0v) is 5.37. The molecule has 50 valence electrons. The minimum atomic E-state index is 0.297. The molecule has 2 aliphatic heterocycles. The van der Waals surface area contributed by atoms with Gasteiger partial charge in [0.05, 0.1) is 0 Å². The van der Waals surface area contributed by atoms with Crippen LogP contribution in [0.25, 0.3) is 0 Å². The zero-order valence-electron chi connectivity index (χ0n) is 5.37. The van der Waals surface area contributed by atoms with Crippen molar-refractivity contribution < 1.29 is 4.74 Å². The molecule has 0 spiro atoms. The largest absolute Gasteiger partial charge is 0.376 e. The van der Waals surface area contributed by atoms with Crippen molar-refractivity contribution in [1.82, 2.24) is 10.2 Å². The summed E-state index contributed by atoms with van der Waals surface area (Å²) in [5.74, 6) is 0. The minimum absolute atomic E-state index is 0.297. The molecular formula is C6H10N2O. The molecule has 2 unspecified atom stereocenters. The van der Waals surface area contributed by atoms with Gasteiger partial charge in [0.2, 0.25) is 0 Å². The fourth-order valence-electron chi connectivity index (χ4n) is 1.04. The lowest BCUT2D eigenvalue weighted by molar-refractivity contribution is 0.314. The van der Waals surface area contributed by atoms with E-state index in [1.54, 1.807) is 0 Å². The van der Waals surface area contributed by atoms with Crippen molar-refractivity contribution in [3.05, 3.63) is 12.4 Å². The van der Waals surface area contributed by atoms with Crippen LogP contribution in [0.5, 0.6) is 0 Å². The first-order valence-electron chi connectivity index (χ1n) is 3.15. The highest BCUT2D eigenvalue weighted by Gasteiger charge is 2.39. The van der Waals surface area contributed by atoms with E-state index >= 15 is 0 Å². The maximum Gasteiger partial charge on any atom is 0.156 e. The number of hydrogen-bond donors (Lipinski definition) is 1. The summed E-state index contributed by atoms with van der Waals surface area (Å²) in [6.07, 6.45) is 4.67. The van der Waals surface area contributed by atoms with Gasteiger partial charge in [-0.15, -0.1) is 0 Å². The molecule has 1 fully saturated rings. The molecule has 0 saturated carbocycles. The lowest BCUT2D eigenvalue weighted by Crippen LogP contribution is -2.17. The van der Waals surface area contributed by atoms with E-state index in [1.165, 1.54) is 0 Å². The number of fused-ring (bicyclic) bond motifs is 1. The second-order valence-corrected chi connectivity index (χ2v) is 2.52. The molecule has 0 bridgehead atoms. The van der Waals surface area contributed by atoms with Gasteiger partial charge in [0.1, 0.15) is 6.10 Å². The molecule has 0 amide bonds. The average Bonchev–Trinajstić information content (AvgIpc) is 2.43. The van der Waals surface area contributed by atoms with Gasteiger partial charge in [0.25, 0.3) is 0 Å². The van der Waals surface area contributed by atoms with E-state index < -0.39 is 0 Å². The van der Waals surface area contributed by atoms with Gasteiger partial charge in [-0.3, -0.25) is 0 Å². The number of epoxide rings is 1. The second kappa shape index (κ2) is 1.64. The standard InChI is InChI=1S/C6H10N2O/c1-8-3-2-7-6-5(4-8)9-6/h2-3,5-7H,4H2,1H3. The Balaban J connectivity index is 2.02. The highest BCUT2D eigenvalue weighted by atomic mass is 16.6. The van der Waals surface area contributed by atoms with Gasteiger partial charge in [0, 0.05) is 26.0 Å². The van der Waals surface area contributed by atoms with E-state index in [0.29, 0.717) is 12.3 Å². The minimum Gasteiger partial charge on any atom is -0.376 e. The lowest BCUT2D eigenvalue weighted by Gasteiger charge is -2.08. The van der Waals surface area contributed by atoms with Gasteiger partial charge in [-0.05, 0) is 0 Å². The van der Waals surface area contributed by atoms with Crippen LogP contribution in [-0.2, 0) is 4.74 Å². The van der Waals surface area contributed by atoms with Crippen molar-refractivity contribution in [2.45, 2.75) is 12.3 Å². The molecule has 2 atom stereocenters. The average molecular weight is 126 g/mol. The monoisotopic (exact) mass is 126 g/mol. The first-order valence-corrected chi connectivity index (χ1v) is 3.15. The molecule has 0 aromatic rings. The molecule has 0 radical (unpaired) electrons. The Morgan fingerprint density at radius 1 is 1.78 bits per heavy atom. The molecule has 2 heterocycles. The van der Waals surface area contributed by atoms with Crippen LogP contribution in [0.4, 0.5) is 0 Å². The summed E-state index contributed by atoms with van der Waals surface area (Å²) in [5.41, 5.74) is 0. The molecule has 2 aliphatic rings. The molecule has 0 aromatic heterocycles. The lowest BCUT2D eigenvalue weighted by atomic mass is 10.4. The number of likely N-dealkylation sites (N-methyl/N-ethyl adjacent to an activating group) is 1. The number of nitrogens with one attached hydrogen (secondary N) is 1. The Labute approximate surface area is 54.3 Å². The van der Waals surface area contributed by atoms with Crippen LogP contribution < -0.4 is 5.32 Å². The number of nitrogens with zero attached hydrogens (tertiary/aromatic N) is 1. The number of rotatable bonds is 0. The fourth-order valence-corrected chi connectivity index (χ4v) is 1.04. The highest BCUT2D eigenvalue weighted by Crippen LogP contribution is 2.21. The van der Waals surface area contributed by atoms with Crippen molar-refractivity contribution >= 4 is 0 Å². The van der Waals surface area contributed by atoms with Gasteiger partial charge >= 0.3 is 0 Å². The van der Waals surface area contributed by atoms with Gasteiger partial charge in [0.15, 0.2) is 6.23 Å². The van der Waals surface area contributed by atoms with Crippen molar-refractivity contribution in [2.75, 3.05) is 13.6 Å². The maximum atomic E-state index is 5.22. The van der Waals surface area contributed by atoms with E-state index in [9.17, 15) is 0 Å². The van der Waals surface area contributed by atoms with Crippen LogP contribution in [0.1, 0.15) is 0 Å². The zero-order chi connectivity index (χ0) is 6.27. The van der Waals surface area contributed by atoms with E-state index in [1.807, 2.05) is 19.4 Å². The number of hydrogen-bond acceptors (Lipinski definition) is 3. The Hall–Kier alpha value is -0.700. The summed E-state index contributed by atoms with van der Waals surface area (Å²) in [6, 6.07) is 0. The Morgan fingerprint density at radius 3 is 3.56 bits per heavy atom. The van der Waals surface area contributed by atoms with Crippen molar-refractivity contribution in [3.8, 4) is 0 Å². The molecule has 1 N–H and O–H groups in total. The molecule has 0 aliphatic carbocycles. The van der Waals surface area contributed by atoms with E-state index in [-0.39, 0.29) is 0 Å². The summed E-state index contributed by atoms with van der Waals surface area (Å²) in [5, 5.41) is 3.10. The summed E-state index contributed by atoms with van der Waals surface area (Å²) >= 11 is 0. The van der Waals surface area contributed by atoms with Crippen LogP contribution >= 0.6 is 0 Å². The van der Waals surface area contributed by atoms with Crippen LogP contribution in [0.15, 0.2) is 12.4 Å². The summed E-state index contributed by atoms with van der Waals surface area (Å²) < 4.78 is 5.22. The van der Waals surface area contributed by atoms with Gasteiger partial charge in [-0.1, -0.05) is 0 Å². The molecular weight excluding hydrogens is 116 g/mol. The Bertz CT molecular complexity index is 146. The molecule has 3 heteroatoms. The topological polar surface area (TPSA) is 27.8 Å². The van der Waals surface area contributed by atoms with Crippen LogP contribution in [-0.4, -0.2) is 30.8 Å². The molecule has 1 saturated heterocycles. The first kappa shape index (κ1) is 5.11. The second-order valence-electron chi connectivity index (χ2n) is 2.52. The van der Waals surface area contributed by atoms with Gasteiger partial charge < -0.3 is 15.0 Å². The third kappa shape index (κ3) is 0.876. The smallest absolute Gasteiger partial charge is 0.156 e. The molecule has 2 rings (SSSR count). The summed E-state index contributed by atoms with van der Waals surface area (Å²) in [7, 11) is 2.04. The third-order valence-electron chi connectivity index (χ3n) is 1.64. The normalized spacial score (nSPS) is 39.0. The van der Waals surface area contributed by atoms with Gasteiger partial charge in [-0.25, -0.2) is 0 Å². The molecule has 9 heavy (non-hydrogen) atoms. The highest BCUT2D eigenvalue weighted by molar-refractivity contribution is 4.96. The van der Waals surface area contributed by atoms with Crippen LogP contribution in [0.2, 0.25) is 0 Å². The van der Waals surface area contributed by atoms with Crippen molar-refractivity contribution in [3.63, 3.8) is 0 Å². The van der Waals surface area contributed by atoms with E-state index in [2.05, 4.69) is 10.2 Å². The maximum absolute atomic E-state index is 5.22. The SMILES string of the molecule is CN1C=CNC2OC2C1. The summed E-state index contributed by atoms with van der Waals surface area (Å²) in [4.78, 5) is 2.12. The molecule has 0 aromatic carbocycles. The first-order chi connectivity index (χ1) is 4.36. The molecule has 3 nitrogen and oxygen atoms in total. The predicted octanol–water partition coefficient (Wildman–Crippen LogP) is -0.283. The fraction of sp³-hybridized carbons (Fsp3) is 0.667. The third-order valence-corrected chi connectivity index (χ3v) is 1.64. The van der Waals surface area contributed by atoms with E-state index in [0.717, 1.165) is 6.54 Å². The van der Waals surface area contributed by atoms with Crippen LogP contribution in [0, 0.1) is 0 Å².